The summed E-state index contributed by atoms with van der Waals surface area (Å²) in [6.45, 7) is 2.19. The van der Waals surface area contributed by atoms with Crippen molar-refractivity contribution in [3.63, 3.8) is 0 Å². The summed E-state index contributed by atoms with van der Waals surface area (Å²) in [7, 11) is 0. The highest BCUT2D eigenvalue weighted by Crippen LogP contribution is 2.22. The summed E-state index contributed by atoms with van der Waals surface area (Å²) in [4.78, 5) is 0. The van der Waals surface area contributed by atoms with Crippen molar-refractivity contribution in [2.75, 3.05) is 17.6 Å². The van der Waals surface area contributed by atoms with Crippen LogP contribution in [-0.4, -0.2) is 17.8 Å². The molecule has 0 aliphatic rings. The number of hydrogen-bond donors (Lipinski definition) is 3. The molecule has 0 aliphatic carbocycles. The number of benzene rings is 1. The van der Waals surface area contributed by atoms with Gasteiger partial charge in [0, 0.05) is 11.6 Å². The van der Waals surface area contributed by atoms with Gasteiger partial charge in [-0.15, -0.1) is 0 Å². The largest absolute Gasteiger partial charge is 0.397 e. The van der Waals surface area contributed by atoms with Gasteiger partial charge in [0.2, 0.25) is 0 Å². The number of anilines is 2. The van der Waals surface area contributed by atoms with Crippen molar-refractivity contribution in [3.05, 3.63) is 23.2 Å². The van der Waals surface area contributed by atoms with Crippen LogP contribution in [0.3, 0.4) is 0 Å². The van der Waals surface area contributed by atoms with Gasteiger partial charge in [0.05, 0.1) is 17.5 Å². The van der Waals surface area contributed by atoms with Gasteiger partial charge in [-0.25, -0.2) is 0 Å². The molecule has 0 aromatic heterocycles. The van der Waals surface area contributed by atoms with Crippen LogP contribution in [0.5, 0.6) is 0 Å². The van der Waals surface area contributed by atoms with E-state index in [1.165, 1.54) is 0 Å². The summed E-state index contributed by atoms with van der Waals surface area (Å²) >= 11 is 5.72. The summed E-state index contributed by atoms with van der Waals surface area (Å²) in [5.41, 5.74) is 7.07. The first kappa shape index (κ1) is 10.2. The third-order valence-corrected chi connectivity index (χ3v) is 1.84. The van der Waals surface area contributed by atoms with E-state index in [0.717, 1.165) is 5.69 Å². The number of hydrogen-bond acceptors (Lipinski definition) is 3. The molecule has 0 heterocycles. The number of aliphatic hydroxyl groups is 1. The zero-order chi connectivity index (χ0) is 9.84. The lowest BCUT2D eigenvalue weighted by Gasteiger charge is -2.10. The Morgan fingerprint density at radius 3 is 2.85 bits per heavy atom. The fourth-order valence-corrected chi connectivity index (χ4v) is 1.13. The molecule has 0 bridgehead atoms. The maximum atomic E-state index is 9.03. The first-order valence-corrected chi connectivity index (χ1v) is 4.44. The second kappa shape index (κ2) is 4.35. The average Bonchev–Trinajstić information content (AvgIpc) is 2.02. The van der Waals surface area contributed by atoms with E-state index in [0.29, 0.717) is 17.3 Å². The van der Waals surface area contributed by atoms with Gasteiger partial charge in [0.1, 0.15) is 0 Å². The van der Waals surface area contributed by atoms with Crippen molar-refractivity contribution >= 4 is 23.0 Å². The van der Waals surface area contributed by atoms with Gasteiger partial charge in [-0.2, -0.15) is 0 Å². The van der Waals surface area contributed by atoms with E-state index in [1.807, 2.05) is 0 Å². The van der Waals surface area contributed by atoms with Crippen LogP contribution in [-0.2, 0) is 0 Å². The highest BCUT2D eigenvalue weighted by atomic mass is 35.5. The second-order valence-electron chi connectivity index (χ2n) is 2.96. The predicted molar refractivity (Wildman–Crippen MR) is 56.0 cm³/mol. The maximum Gasteiger partial charge on any atom is 0.0684 e. The van der Waals surface area contributed by atoms with Gasteiger partial charge >= 0.3 is 0 Å². The third kappa shape index (κ3) is 3.13. The number of halogens is 1. The minimum Gasteiger partial charge on any atom is -0.397 e. The molecule has 0 saturated heterocycles. The van der Waals surface area contributed by atoms with Crippen LogP contribution >= 0.6 is 11.6 Å². The van der Waals surface area contributed by atoms with Crippen molar-refractivity contribution in [1.82, 2.24) is 0 Å². The molecule has 1 aromatic carbocycles. The molecule has 0 amide bonds. The zero-order valence-electron chi connectivity index (χ0n) is 7.42. The van der Waals surface area contributed by atoms with Gasteiger partial charge < -0.3 is 16.2 Å². The molecule has 0 radical (unpaired) electrons. The molecular weight excluding hydrogens is 188 g/mol. The van der Waals surface area contributed by atoms with E-state index < -0.39 is 6.10 Å². The molecule has 1 unspecified atom stereocenters. The summed E-state index contributed by atoms with van der Waals surface area (Å²) in [5.74, 6) is 0. The Morgan fingerprint density at radius 2 is 2.31 bits per heavy atom. The predicted octanol–water partition coefficient (Wildman–Crippen LogP) is 1.71. The van der Waals surface area contributed by atoms with Crippen molar-refractivity contribution in [1.29, 1.82) is 0 Å². The lowest BCUT2D eigenvalue weighted by Crippen LogP contribution is -2.15. The number of nitrogens with one attached hydrogen (secondary N) is 1. The Bertz CT molecular complexity index is 289. The van der Waals surface area contributed by atoms with E-state index >= 15 is 0 Å². The fourth-order valence-electron chi connectivity index (χ4n) is 0.952. The molecule has 1 rings (SSSR count). The Labute approximate surface area is 82.5 Å². The van der Waals surface area contributed by atoms with Crippen LogP contribution in [0.4, 0.5) is 11.4 Å². The Hall–Kier alpha value is -0.930. The fraction of sp³-hybridized carbons (Fsp3) is 0.333. The number of aliphatic hydroxyl groups excluding tert-OH is 1. The molecule has 0 aliphatic heterocycles. The first-order valence-electron chi connectivity index (χ1n) is 4.06. The summed E-state index contributed by atoms with van der Waals surface area (Å²) in [6.07, 6.45) is -0.393. The second-order valence-corrected chi connectivity index (χ2v) is 3.40. The van der Waals surface area contributed by atoms with Gasteiger partial charge in [0.15, 0.2) is 0 Å². The topological polar surface area (TPSA) is 58.3 Å². The van der Waals surface area contributed by atoms with Crippen LogP contribution in [0.15, 0.2) is 18.2 Å². The van der Waals surface area contributed by atoms with E-state index in [2.05, 4.69) is 5.32 Å². The quantitative estimate of drug-likeness (QED) is 0.652. The van der Waals surface area contributed by atoms with Crippen LogP contribution in [0, 0.1) is 0 Å². The molecule has 0 fully saturated rings. The van der Waals surface area contributed by atoms with Crippen molar-refractivity contribution in [2.45, 2.75) is 13.0 Å². The number of nitrogen functional groups attached to an aromatic ring is 1. The van der Waals surface area contributed by atoms with Crippen molar-refractivity contribution < 1.29 is 5.11 Å². The highest BCUT2D eigenvalue weighted by molar-refractivity contribution is 6.31. The molecule has 72 valence electrons. The van der Waals surface area contributed by atoms with Gasteiger partial charge in [0.25, 0.3) is 0 Å². The molecule has 1 atom stereocenters. The van der Waals surface area contributed by atoms with E-state index in [9.17, 15) is 0 Å². The third-order valence-electron chi connectivity index (χ3n) is 1.60. The van der Waals surface area contributed by atoms with E-state index in [1.54, 1.807) is 25.1 Å². The molecule has 1 aromatic rings. The summed E-state index contributed by atoms with van der Waals surface area (Å²) in [5, 5.41) is 12.6. The van der Waals surface area contributed by atoms with E-state index in [-0.39, 0.29) is 0 Å². The van der Waals surface area contributed by atoms with Crippen LogP contribution in [0.1, 0.15) is 6.92 Å². The first-order chi connectivity index (χ1) is 6.09. The Balaban J connectivity index is 2.67. The molecule has 13 heavy (non-hydrogen) atoms. The Kier molecular flexibility index (Phi) is 3.39. The molecular formula is C9H13ClN2O. The average molecular weight is 201 g/mol. The van der Waals surface area contributed by atoms with Crippen LogP contribution < -0.4 is 11.1 Å². The number of nitrogens with two attached hydrogens (primary N) is 1. The molecule has 0 spiro atoms. The summed E-state index contributed by atoms with van der Waals surface area (Å²) < 4.78 is 0. The molecule has 0 saturated carbocycles. The number of rotatable bonds is 3. The van der Waals surface area contributed by atoms with Crippen LogP contribution in [0.2, 0.25) is 5.02 Å². The van der Waals surface area contributed by atoms with Gasteiger partial charge in [-0.1, -0.05) is 11.6 Å². The van der Waals surface area contributed by atoms with E-state index in [4.69, 9.17) is 22.4 Å². The smallest absolute Gasteiger partial charge is 0.0684 e. The summed E-state index contributed by atoms with van der Waals surface area (Å²) in [6, 6.07) is 5.22. The van der Waals surface area contributed by atoms with Crippen molar-refractivity contribution in [2.24, 2.45) is 0 Å². The lowest BCUT2D eigenvalue weighted by molar-refractivity contribution is 0.208. The Morgan fingerprint density at radius 1 is 1.62 bits per heavy atom. The highest BCUT2D eigenvalue weighted by Gasteiger charge is 2.00. The molecule has 3 nitrogen and oxygen atoms in total. The monoisotopic (exact) mass is 200 g/mol. The van der Waals surface area contributed by atoms with Crippen molar-refractivity contribution in [3.8, 4) is 0 Å². The van der Waals surface area contributed by atoms with Crippen LogP contribution in [0.25, 0.3) is 0 Å². The van der Waals surface area contributed by atoms with Gasteiger partial charge in [-0.3, -0.25) is 0 Å². The normalized spacial score (nSPS) is 12.5. The molecule has 4 heteroatoms. The minimum atomic E-state index is -0.393. The SMILES string of the molecule is CC(O)CNc1ccc(Cl)cc1N. The zero-order valence-corrected chi connectivity index (χ0v) is 8.17. The minimum absolute atomic E-state index is 0.393. The molecule has 4 N–H and O–H groups in total. The standard InChI is InChI=1S/C9H13ClN2O/c1-6(13)5-12-9-3-2-7(10)4-8(9)11/h2-4,6,12-13H,5,11H2,1H3. The lowest BCUT2D eigenvalue weighted by atomic mass is 10.2. The van der Waals surface area contributed by atoms with Gasteiger partial charge in [-0.05, 0) is 25.1 Å². The maximum absolute atomic E-state index is 9.03.